The number of nitrogens with one attached hydrogen (secondary N) is 3. The second kappa shape index (κ2) is 9.79. The summed E-state index contributed by atoms with van der Waals surface area (Å²) in [6.45, 7) is 0. The standard InChI is InChI=1S/C31H27N7O/c39-31(20-5-2-1-3-6-20)34-23-15-22(17-33-18-23)21-9-10-26-25(16-21)29(38-37-26)30-35-27-8-4-7-24(28(27)36-30)19-11-13-32-14-12-19/h4,7-18,20H,1-3,5-6H2,(H,34,39)(H,35,36)(H,37,38). The van der Waals surface area contributed by atoms with E-state index in [1.807, 2.05) is 48.7 Å². The van der Waals surface area contributed by atoms with Gasteiger partial charge in [0.25, 0.3) is 0 Å². The highest BCUT2D eigenvalue weighted by atomic mass is 16.1. The first-order valence-corrected chi connectivity index (χ1v) is 13.4. The minimum atomic E-state index is 0.0927. The van der Waals surface area contributed by atoms with Gasteiger partial charge in [-0.15, -0.1) is 0 Å². The van der Waals surface area contributed by atoms with Gasteiger partial charge in [0, 0.05) is 41.0 Å². The fraction of sp³-hybridized carbons (Fsp3) is 0.194. The molecule has 0 radical (unpaired) electrons. The third kappa shape index (κ3) is 4.44. The number of imidazole rings is 1. The molecule has 0 aliphatic heterocycles. The number of nitrogens with zero attached hydrogens (tertiary/aromatic N) is 4. The molecule has 192 valence electrons. The number of pyridine rings is 2. The summed E-state index contributed by atoms with van der Waals surface area (Å²) in [5, 5.41) is 11.8. The summed E-state index contributed by atoms with van der Waals surface area (Å²) in [5.74, 6) is 0.883. The molecule has 1 fully saturated rings. The van der Waals surface area contributed by atoms with Crippen LogP contribution in [0.15, 0.2) is 79.4 Å². The highest BCUT2D eigenvalue weighted by Crippen LogP contribution is 2.33. The highest BCUT2D eigenvalue weighted by Gasteiger charge is 2.21. The molecule has 39 heavy (non-hydrogen) atoms. The van der Waals surface area contributed by atoms with Gasteiger partial charge in [-0.25, -0.2) is 4.98 Å². The maximum atomic E-state index is 12.8. The first-order valence-electron chi connectivity index (χ1n) is 13.4. The fourth-order valence-corrected chi connectivity index (χ4v) is 5.56. The number of carbonyl (C=O) groups excluding carboxylic acids is 1. The number of benzene rings is 2. The monoisotopic (exact) mass is 513 g/mol. The quantitative estimate of drug-likeness (QED) is 0.236. The van der Waals surface area contributed by atoms with Gasteiger partial charge >= 0.3 is 0 Å². The van der Waals surface area contributed by atoms with Crippen LogP contribution in [-0.2, 0) is 4.79 Å². The Bertz CT molecular complexity index is 1800. The molecule has 0 atom stereocenters. The van der Waals surface area contributed by atoms with Crippen LogP contribution in [0.1, 0.15) is 32.1 Å². The lowest BCUT2D eigenvalue weighted by Gasteiger charge is -2.20. The van der Waals surface area contributed by atoms with Crippen LogP contribution in [0.3, 0.4) is 0 Å². The molecular weight excluding hydrogens is 486 g/mol. The van der Waals surface area contributed by atoms with E-state index < -0.39 is 0 Å². The third-order valence-corrected chi connectivity index (χ3v) is 7.61. The molecule has 7 rings (SSSR count). The summed E-state index contributed by atoms with van der Waals surface area (Å²) in [6, 6.07) is 18.2. The molecule has 3 N–H and O–H groups in total. The van der Waals surface area contributed by atoms with Crippen LogP contribution in [0, 0.1) is 5.92 Å². The predicted molar refractivity (Wildman–Crippen MR) is 153 cm³/mol. The van der Waals surface area contributed by atoms with E-state index >= 15 is 0 Å². The number of fused-ring (bicyclic) bond motifs is 2. The number of aromatic nitrogens is 6. The largest absolute Gasteiger partial charge is 0.337 e. The van der Waals surface area contributed by atoms with Crippen LogP contribution in [0.4, 0.5) is 5.69 Å². The summed E-state index contributed by atoms with van der Waals surface area (Å²) >= 11 is 0. The number of anilines is 1. The van der Waals surface area contributed by atoms with Gasteiger partial charge < -0.3 is 10.3 Å². The Morgan fingerprint density at radius 3 is 2.59 bits per heavy atom. The SMILES string of the molecule is O=C(Nc1cncc(-c2ccc3[nH]nc(-c4nc5c(-c6ccncc6)cccc5[nH]4)c3c2)c1)C1CCCCC1. The number of amides is 1. The molecule has 1 aliphatic carbocycles. The average Bonchev–Trinajstić information content (AvgIpc) is 3.62. The zero-order valence-corrected chi connectivity index (χ0v) is 21.3. The van der Waals surface area contributed by atoms with E-state index in [2.05, 4.69) is 42.6 Å². The molecule has 0 bridgehead atoms. The van der Waals surface area contributed by atoms with Crippen LogP contribution in [0.25, 0.3) is 55.7 Å². The number of para-hydroxylation sites is 1. The number of H-pyrrole nitrogens is 2. The van der Waals surface area contributed by atoms with Crippen molar-refractivity contribution >= 4 is 33.5 Å². The molecule has 0 saturated heterocycles. The van der Waals surface area contributed by atoms with E-state index in [0.717, 1.165) is 81.3 Å². The lowest BCUT2D eigenvalue weighted by molar-refractivity contribution is -0.120. The van der Waals surface area contributed by atoms with Gasteiger partial charge in [0.05, 0.1) is 28.4 Å². The van der Waals surface area contributed by atoms with Gasteiger partial charge in [-0.05, 0) is 60.4 Å². The van der Waals surface area contributed by atoms with E-state index in [1.54, 1.807) is 18.6 Å². The van der Waals surface area contributed by atoms with Gasteiger partial charge in [-0.2, -0.15) is 5.10 Å². The average molecular weight is 514 g/mol. The van der Waals surface area contributed by atoms with Crippen molar-refractivity contribution in [2.75, 3.05) is 5.32 Å². The van der Waals surface area contributed by atoms with Crippen molar-refractivity contribution in [1.82, 2.24) is 30.1 Å². The molecule has 2 aromatic carbocycles. The Hall–Kier alpha value is -4.85. The molecule has 1 amide bonds. The molecule has 1 saturated carbocycles. The van der Waals surface area contributed by atoms with Crippen molar-refractivity contribution in [1.29, 1.82) is 0 Å². The molecule has 4 heterocycles. The zero-order valence-electron chi connectivity index (χ0n) is 21.3. The minimum absolute atomic E-state index is 0.0927. The predicted octanol–water partition coefficient (Wildman–Crippen LogP) is 6.75. The molecular formula is C31H27N7O. The summed E-state index contributed by atoms with van der Waals surface area (Å²) in [5.41, 5.74) is 8.22. The molecule has 0 unspecified atom stereocenters. The van der Waals surface area contributed by atoms with Gasteiger partial charge in [0.2, 0.25) is 5.91 Å². The van der Waals surface area contributed by atoms with Crippen LogP contribution >= 0.6 is 0 Å². The maximum Gasteiger partial charge on any atom is 0.227 e. The van der Waals surface area contributed by atoms with E-state index in [-0.39, 0.29) is 11.8 Å². The third-order valence-electron chi connectivity index (χ3n) is 7.61. The second-order valence-electron chi connectivity index (χ2n) is 10.1. The Kier molecular flexibility index (Phi) is 5.85. The molecule has 8 nitrogen and oxygen atoms in total. The van der Waals surface area contributed by atoms with E-state index in [1.165, 1.54) is 6.42 Å². The van der Waals surface area contributed by atoms with Crippen LogP contribution < -0.4 is 5.32 Å². The van der Waals surface area contributed by atoms with E-state index in [9.17, 15) is 4.79 Å². The second-order valence-corrected chi connectivity index (χ2v) is 10.1. The maximum absolute atomic E-state index is 12.8. The Balaban J connectivity index is 1.23. The topological polar surface area (TPSA) is 112 Å². The minimum Gasteiger partial charge on any atom is -0.337 e. The van der Waals surface area contributed by atoms with Crippen LogP contribution in [0.5, 0.6) is 0 Å². The van der Waals surface area contributed by atoms with Crippen molar-refractivity contribution in [3.05, 3.63) is 79.4 Å². The van der Waals surface area contributed by atoms with Crippen LogP contribution in [0.2, 0.25) is 0 Å². The van der Waals surface area contributed by atoms with Gasteiger partial charge in [-0.1, -0.05) is 37.5 Å². The van der Waals surface area contributed by atoms with Crippen molar-refractivity contribution in [3.63, 3.8) is 0 Å². The van der Waals surface area contributed by atoms with E-state index in [0.29, 0.717) is 5.82 Å². The van der Waals surface area contributed by atoms with E-state index in [4.69, 9.17) is 4.98 Å². The van der Waals surface area contributed by atoms with Gasteiger partial charge in [-0.3, -0.25) is 19.9 Å². The van der Waals surface area contributed by atoms with Crippen molar-refractivity contribution in [2.24, 2.45) is 5.92 Å². The van der Waals surface area contributed by atoms with Gasteiger partial charge in [0.15, 0.2) is 5.82 Å². The van der Waals surface area contributed by atoms with Gasteiger partial charge in [0.1, 0.15) is 5.69 Å². The normalized spacial score (nSPS) is 14.2. The fourth-order valence-electron chi connectivity index (χ4n) is 5.56. The Morgan fingerprint density at radius 2 is 1.72 bits per heavy atom. The number of carbonyl (C=O) groups is 1. The molecule has 4 aromatic heterocycles. The van der Waals surface area contributed by atoms with Crippen molar-refractivity contribution in [3.8, 4) is 33.8 Å². The smallest absolute Gasteiger partial charge is 0.227 e. The Morgan fingerprint density at radius 1 is 0.846 bits per heavy atom. The molecule has 1 aliphatic rings. The molecule has 0 spiro atoms. The number of hydrogen-bond acceptors (Lipinski definition) is 5. The summed E-state index contributed by atoms with van der Waals surface area (Å²) in [4.78, 5) is 29.7. The molecule has 6 aromatic rings. The number of rotatable bonds is 5. The first-order chi connectivity index (χ1) is 19.2. The summed E-state index contributed by atoms with van der Waals surface area (Å²) in [6.07, 6.45) is 12.5. The first kappa shape index (κ1) is 23.3. The lowest BCUT2D eigenvalue weighted by Crippen LogP contribution is -2.24. The van der Waals surface area contributed by atoms with Crippen molar-refractivity contribution in [2.45, 2.75) is 32.1 Å². The molecule has 8 heteroatoms. The number of aromatic amines is 2. The number of hydrogen-bond donors (Lipinski definition) is 3. The highest BCUT2D eigenvalue weighted by molar-refractivity contribution is 5.98. The van der Waals surface area contributed by atoms with Crippen LogP contribution in [-0.4, -0.2) is 36.0 Å². The Labute approximate surface area is 224 Å². The zero-order chi connectivity index (χ0) is 26.2. The lowest BCUT2D eigenvalue weighted by atomic mass is 9.88. The summed E-state index contributed by atoms with van der Waals surface area (Å²) < 4.78 is 0. The summed E-state index contributed by atoms with van der Waals surface area (Å²) in [7, 11) is 0. The van der Waals surface area contributed by atoms with Crippen molar-refractivity contribution < 1.29 is 4.79 Å².